The number of nitrogens with zero attached hydrogens (tertiary/aromatic N) is 1. The van der Waals surface area contributed by atoms with Gasteiger partial charge in [-0.3, -0.25) is 9.59 Å². The number of aryl methyl sites for hydroxylation is 1. The molecule has 0 radical (unpaired) electrons. The monoisotopic (exact) mass is 474 g/mol. The molecule has 0 unspecified atom stereocenters. The summed E-state index contributed by atoms with van der Waals surface area (Å²) in [7, 11) is 0. The standard InChI is InChI=1S/C26H35ClN2O2S/c1-5-20(4)28-26(31)24(6-2)29(18-21-10-7-9-19(3)17-21)25(30)11-8-16-32-23-14-12-22(27)13-15-23/h7,9-10,12-15,17,20,24H,5-6,8,11,16,18H2,1-4H3,(H,28,31)/t20-,24+/m0/s1. The first kappa shape index (κ1) is 26.3. The number of hydrogen-bond donors (Lipinski definition) is 1. The van der Waals surface area contributed by atoms with Gasteiger partial charge in [-0.2, -0.15) is 0 Å². The number of benzene rings is 2. The van der Waals surface area contributed by atoms with E-state index < -0.39 is 6.04 Å². The van der Waals surface area contributed by atoms with Gasteiger partial charge in [0.2, 0.25) is 11.8 Å². The van der Waals surface area contributed by atoms with E-state index in [2.05, 4.69) is 11.4 Å². The molecule has 0 aliphatic carbocycles. The highest BCUT2D eigenvalue weighted by Crippen LogP contribution is 2.22. The second-order valence-electron chi connectivity index (χ2n) is 8.16. The number of thioether (sulfide) groups is 1. The van der Waals surface area contributed by atoms with Gasteiger partial charge in [-0.25, -0.2) is 0 Å². The number of amides is 2. The average molecular weight is 475 g/mol. The molecule has 0 fully saturated rings. The van der Waals surface area contributed by atoms with Gasteiger partial charge in [0.1, 0.15) is 6.04 Å². The summed E-state index contributed by atoms with van der Waals surface area (Å²) in [6, 6.07) is 15.5. The van der Waals surface area contributed by atoms with Crippen LogP contribution in [0.2, 0.25) is 5.02 Å². The SMILES string of the molecule is CC[C@H](C(=O)N[C@@H](C)CC)N(Cc1cccc(C)c1)C(=O)CCCSc1ccc(Cl)cc1. The molecule has 2 amide bonds. The summed E-state index contributed by atoms with van der Waals surface area (Å²) in [6.07, 6.45) is 2.61. The van der Waals surface area contributed by atoms with Gasteiger partial charge in [-0.05, 0) is 68.7 Å². The summed E-state index contributed by atoms with van der Waals surface area (Å²) >= 11 is 7.66. The first-order valence-corrected chi connectivity index (χ1v) is 12.7. The van der Waals surface area contributed by atoms with E-state index in [-0.39, 0.29) is 17.9 Å². The Balaban J connectivity index is 2.06. The third-order valence-corrected chi connectivity index (χ3v) is 6.79. The zero-order valence-corrected chi connectivity index (χ0v) is 21.1. The molecule has 0 saturated carbocycles. The van der Waals surface area contributed by atoms with Crippen molar-refractivity contribution in [1.29, 1.82) is 0 Å². The summed E-state index contributed by atoms with van der Waals surface area (Å²) in [6.45, 7) is 8.48. The Labute approximate surface area is 202 Å². The van der Waals surface area contributed by atoms with E-state index in [0.717, 1.165) is 39.6 Å². The Kier molecular flexibility index (Phi) is 11.1. The summed E-state index contributed by atoms with van der Waals surface area (Å²) in [4.78, 5) is 29.1. The van der Waals surface area contributed by atoms with Gasteiger partial charge in [-0.1, -0.05) is 55.3 Å². The number of rotatable bonds is 12. The van der Waals surface area contributed by atoms with Gasteiger partial charge in [-0.15, -0.1) is 11.8 Å². The van der Waals surface area contributed by atoms with E-state index in [1.54, 1.807) is 16.7 Å². The lowest BCUT2D eigenvalue weighted by atomic mass is 10.1. The van der Waals surface area contributed by atoms with Gasteiger partial charge in [0.05, 0.1) is 0 Å². The van der Waals surface area contributed by atoms with E-state index in [1.807, 2.05) is 70.2 Å². The van der Waals surface area contributed by atoms with Crippen LogP contribution in [0.4, 0.5) is 0 Å². The lowest BCUT2D eigenvalue weighted by Crippen LogP contribution is -2.50. The Morgan fingerprint density at radius 2 is 1.81 bits per heavy atom. The highest BCUT2D eigenvalue weighted by atomic mass is 35.5. The van der Waals surface area contributed by atoms with Gasteiger partial charge in [0, 0.05) is 28.9 Å². The van der Waals surface area contributed by atoms with Crippen LogP contribution in [0, 0.1) is 6.92 Å². The van der Waals surface area contributed by atoms with Crippen LogP contribution in [-0.2, 0) is 16.1 Å². The average Bonchev–Trinajstić information content (AvgIpc) is 2.77. The molecule has 0 saturated heterocycles. The molecule has 32 heavy (non-hydrogen) atoms. The third-order valence-electron chi connectivity index (χ3n) is 5.44. The van der Waals surface area contributed by atoms with Crippen molar-refractivity contribution >= 4 is 35.2 Å². The van der Waals surface area contributed by atoms with Crippen molar-refractivity contribution in [3.05, 3.63) is 64.7 Å². The molecule has 2 atom stereocenters. The molecule has 2 aromatic rings. The summed E-state index contributed by atoms with van der Waals surface area (Å²) in [5.74, 6) is 0.786. The second kappa shape index (κ2) is 13.5. The maximum atomic E-state index is 13.3. The minimum absolute atomic E-state index is 0.0226. The Morgan fingerprint density at radius 1 is 1.09 bits per heavy atom. The van der Waals surface area contributed by atoms with E-state index in [9.17, 15) is 9.59 Å². The van der Waals surface area contributed by atoms with E-state index in [0.29, 0.717) is 19.4 Å². The van der Waals surface area contributed by atoms with Crippen molar-refractivity contribution in [3.63, 3.8) is 0 Å². The van der Waals surface area contributed by atoms with Crippen LogP contribution in [0.3, 0.4) is 0 Å². The Hall–Kier alpha value is -1.98. The van der Waals surface area contributed by atoms with Crippen LogP contribution in [0.15, 0.2) is 53.4 Å². The zero-order chi connectivity index (χ0) is 23.5. The van der Waals surface area contributed by atoms with Crippen molar-refractivity contribution in [2.24, 2.45) is 0 Å². The molecule has 0 spiro atoms. The first-order valence-electron chi connectivity index (χ1n) is 11.4. The molecule has 2 aromatic carbocycles. The number of carbonyl (C=O) groups excluding carboxylic acids is 2. The number of carbonyl (C=O) groups is 2. The van der Waals surface area contributed by atoms with E-state index in [1.165, 1.54) is 0 Å². The number of halogens is 1. The van der Waals surface area contributed by atoms with Crippen LogP contribution in [0.1, 0.15) is 57.6 Å². The number of nitrogens with one attached hydrogen (secondary N) is 1. The molecule has 0 aliphatic heterocycles. The Bertz CT molecular complexity index is 872. The summed E-state index contributed by atoms with van der Waals surface area (Å²) < 4.78 is 0. The smallest absolute Gasteiger partial charge is 0.243 e. The fourth-order valence-corrected chi connectivity index (χ4v) is 4.43. The van der Waals surface area contributed by atoms with Crippen molar-refractivity contribution in [1.82, 2.24) is 10.2 Å². The van der Waals surface area contributed by atoms with Gasteiger partial charge in [0.25, 0.3) is 0 Å². The molecule has 2 rings (SSSR count). The van der Waals surface area contributed by atoms with Crippen LogP contribution in [-0.4, -0.2) is 34.6 Å². The lowest BCUT2D eigenvalue weighted by molar-refractivity contribution is -0.141. The van der Waals surface area contributed by atoms with Crippen LogP contribution >= 0.6 is 23.4 Å². The van der Waals surface area contributed by atoms with Crippen molar-refractivity contribution < 1.29 is 9.59 Å². The predicted molar refractivity (Wildman–Crippen MR) is 135 cm³/mol. The molecule has 4 nitrogen and oxygen atoms in total. The van der Waals surface area contributed by atoms with Crippen molar-refractivity contribution in [2.45, 2.75) is 76.9 Å². The molecule has 6 heteroatoms. The molecule has 0 aromatic heterocycles. The van der Waals surface area contributed by atoms with Crippen molar-refractivity contribution in [3.8, 4) is 0 Å². The van der Waals surface area contributed by atoms with Crippen LogP contribution in [0.5, 0.6) is 0 Å². The predicted octanol–water partition coefficient (Wildman–Crippen LogP) is 6.24. The van der Waals surface area contributed by atoms with Gasteiger partial charge >= 0.3 is 0 Å². The fraction of sp³-hybridized carbons (Fsp3) is 0.462. The zero-order valence-electron chi connectivity index (χ0n) is 19.6. The topological polar surface area (TPSA) is 49.4 Å². The van der Waals surface area contributed by atoms with Gasteiger partial charge in [0.15, 0.2) is 0 Å². The first-order chi connectivity index (χ1) is 15.3. The van der Waals surface area contributed by atoms with Gasteiger partial charge < -0.3 is 10.2 Å². The molecule has 0 aliphatic rings. The largest absolute Gasteiger partial charge is 0.352 e. The minimum Gasteiger partial charge on any atom is -0.352 e. The highest BCUT2D eigenvalue weighted by Gasteiger charge is 2.28. The summed E-state index contributed by atoms with van der Waals surface area (Å²) in [5, 5.41) is 3.78. The normalized spacial score (nSPS) is 12.8. The second-order valence-corrected chi connectivity index (χ2v) is 9.76. The van der Waals surface area contributed by atoms with E-state index in [4.69, 9.17) is 11.6 Å². The molecular formula is C26H35ClN2O2S. The third kappa shape index (κ3) is 8.51. The molecular weight excluding hydrogens is 440 g/mol. The minimum atomic E-state index is -0.471. The van der Waals surface area contributed by atoms with Crippen LogP contribution in [0.25, 0.3) is 0 Å². The summed E-state index contributed by atoms with van der Waals surface area (Å²) in [5.41, 5.74) is 2.19. The molecule has 0 heterocycles. The van der Waals surface area contributed by atoms with Crippen molar-refractivity contribution in [2.75, 3.05) is 5.75 Å². The molecule has 174 valence electrons. The maximum Gasteiger partial charge on any atom is 0.243 e. The Morgan fingerprint density at radius 3 is 2.44 bits per heavy atom. The molecule has 0 bridgehead atoms. The number of hydrogen-bond acceptors (Lipinski definition) is 3. The lowest BCUT2D eigenvalue weighted by Gasteiger charge is -2.31. The van der Waals surface area contributed by atoms with Crippen LogP contribution < -0.4 is 5.32 Å². The maximum absolute atomic E-state index is 13.3. The quantitative estimate of drug-likeness (QED) is 0.292. The molecule has 1 N–H and O–H groups in total. The fourth-order valence-electron chi connectivity index (χ4n) is 3.46. The highest BCUT2D eigenvalue weighted by molar-refractivity contribution is 7.99. The van der Waals surface area contributed by atoms with E-state index >= 15 is 0 Å².